The van der Waals surface area contributed by atoms with Crippen LogP contribution in [0.2, 0.25) is 0 Å². The average Bonchev–Trinajstić information content (AvgIpc) is 2.20. The Morgan fingerprint density at radius 2 is 2.47 bits per heavy atom. The molecule has 1 N–H and O–H groups in total. The number of nitrogens with zero attached hydrogens (tertiary/aromatic N) is 2. The number of aromatic nitrogens is 2. The Hall–Kier alpha value is -0.870. The van der Waals surface area contributed by atoms with Crippen LogP contribution in [0.25, 0.3) is 0 Å². The second-order valence-corrected chi connectivity index (χ2v) is 4.07. The number of aryl methyl sites for hydroxylation is 1. The summed E-state index contributed by atoms with van der Waals surface area (Å²) in [6, 6.07) is 1.50. The van der Waals surface area contributed by atoms with Gasteiger partial charge in [-0.25, -0.2) is 4.98 Å². The summed E-state index contributed by atoms with van der Waals surface area (Å²) in [6.45, 7) is 0.652. The van der Waals surface area contributed by atoms with E-state index in [0.717, 1.165) is 6.42 Å². The lowest BCUT2D eigenvalue weighted by atomic mass is 10.1. The molecule has 15 heavy (non-hydrogen) atoms. The molecule has 0 fully saturated rings. The van der Waals surface area contributed by atoms with Gasteiger partial charge in [0, 0.05) is 30.6 Å². The molecule has 0 amide bonds. The molecule has 0 aromatic carbocycles. The minimum Gasteiger partial charge on any atom is -0.385 e. The van der Waals surface area contributed by atoms with E-state index in [1.54, 1.807) is 4.57 Å². The Morgan fingerprint density at radius 1 is 1.67 bits per heavy atom. The molecule has 1 atom stereocenters. The molecule has 0 spiro atoms. The Bertz CT molecular complexity index is 416. The van der Waals surface area contributed by atoms with E-state index in [-0.39, 0.29) is 5.56 Å². The first-order valence-electron chi connectivity index (χ1n) is 5.07. The van der Waals surface area contributed by atoms with E-state index in [1.165, 1.54) is 6.07 Å². The molecule has 1 unspecified atom stereocenters. The predicted octanol–water partition coefficient (Wildman–Crippen LogP) is 0.852. The molecule has 1 aromatic rings. The zero-order chi connectivity index (χ0) is 10.8. The zero-order valence-electron chi connectivity index (χ0n) is 8.32. The maximum atomic E-state index is 11.7. The predicted molar refractivity (Wildman–Crippen MR) is 57.1 cm³/mol. The third kappa shape index (κ3) is 2.06. The third-order valence-corrected chi connectivity index (χ3v) is 2.79. The largest absolute Gasteiger partial charge is 0.385 e. The number of halogens is 1. The van der Waals surface area contributed by atoms with Crippen molar-refractivity contribution >= 4 is 11.6 Å². The smallest absolute Gasteiger partial charge is 0.253 e. The van der Waals surface area contributed by atoms with Crippen LogP contribution in [-0.2, 0) is 13.0 Å². The van der Waals surface area contributed by atoms with Gasteiger partial charge in [0.25, 0.3) is 5.56 Å². The monoisotopic (exact) mass is 228 g/mol. The van der Waals surface area contributed by atoms with Crippen molar-refractivity contribution in [2.45, 2.75) is 31.9 Å². The Morgan fingerprint density at radius 3 is 3.20 bits per heavy atom. The Labute approximate surface area is 92.5 Å². The maximum Gasteiger partial charge on any atom is 0.253 e. The normalized spacial score (nSPS) is 20.0. The van der Waals surface area contributed by atoms with Gasteiger partial charge in [0.15, 0.2) is 0 Å². The summed E-state index contributed by atoms with van der Waals surface area (Å²) in [5.41, 5.74) is 0.584. The first-order valence-corrected chi connectivity index (χ1v) is 5.60. The second kappa shape index (κ2) is 4.33. The number of fused-ring (bicyclic) bond motifs is 1. The van der Waals surface area contributed by atoms with Crippen LogP contribution in [0, 0.1) is 0 Å². The molecule has 0 aliphatic carbocycles. The van der Waals surface area contributed by atoms with Crippen LogP contribution in [0.15, 0.2) is 10.9 Å². The zero-order valence-corrected chi connectivity index (χ0v) is 9.07. The molecule has 0 bridgehead atoms. The molecule has 0 saturated heterocycles. The van der Waals surface area contributed by atoms with Crippen LogP contribution in [0.5, 0.6) is 0 Å². The number of hydrogen-bond acceptors (Lipinski definition) is 3. The van der Waals surface area contributed by atoms with Crippen molar-refractivity contribution in [3.05, 3.63) is 27.9 Å². The highest BCUT2D eigenvalue weighted by atomic mass is 35.5. The van der Waals surface area contributed by atoms with Crippen molar-refractivity contribution in [1.82, 2.24) is 9.55 Å². The van der Waals surface area contributed by atoms with E-state index in [1.807, 2.05) is 0 Å². The van der Waals surface area contributed by atoms with Crippen molar-refractivity contribution in [1.29, 1.82) is 0 Å². The number of rotatable bonds is 2. The van der Waals surface area contributed by atoms with Gasteiger partial charge in [0.2, 0.25) is 0 Å². The van der Waals surface area contributed by atoms with Gasteiger partial charge >= 0.3 is 0 Å². The van der Waals surface area contributed by atoms with Gasteiger partial charge in [-0.15, -0.1) is 11.6 Å². The quantitative estimate of drug-likeness (QED) is 0.764. The van der Waals surface area contributed by atoms with Crippen LogP contribution in [0.4, 0.5) is 0 Å². The first-order chi connectivity index (χ1) is 7.22. The molecular formula is C10H13ClN2O2. The van der Waals surface area contributed by atoms with E-state index >= 15 is 0 Å². The fraction of sp³-hybridized carbons (Fsp3) is 0.600. The molecule has 5 heteroatoms. The summed E-state index contributed by atoms with van der Waals surface area (Å²) in [7, 11) is 0. The van der Waals surface area contributed by atoms with Gasteiger partial charge in [-0.05, 0) is 12.8 Å². The number of aliphatic hydroxyl groups is 1. The standard InChI is InChI=1S/C10H13ClN2O2/c11-4-3-7-6-9(15)13-5-1-2-8(14)10(13)12-7/h6,8,14H,1-5H2. The van der Waals surface area contributed by atoms with E-state index in [9.17, 15) is 9.90 Å². The summed E-state index contributed by atoms with van der Waals surface area (Å²) in [6.07, 6.45) is 1.46. The molecule has 0 radical (unpaired) electrons. The summed E-state index contributed by atoms with van der Waals surface area (Å²) in [5.74, 6) is 0.931. The molecule has 2 heterocycles. The van der Waals surface area contributed by atoms with Crippen molar-refractivity contribution in [2.24, 2.45) is 0 Å². The highest BCUT2D eigenvalue weighted by molar-refractivity contribution is 6.17. The molecule has 1 aliphatic rings. The molecule has 82 valence electrons. The fourth-order valence-corrected chi connectivity index (χ4v) is 2.04. The van der Waals surface area contributed by atoms with E-state index < -0.39 is 6.10 Å². The first kappa shape index (κ1) is 10.6. The molecule has 4 nitrogen and oxygen atoms in total. The Balaban J connectivity index is 2.47. The molecular weight excluding hydrogens is 216 g/mol. The van der Waals surface area contributed by atoms with Crippen molar-refractivity contribution < 1.29 is 5.11 Å². The highest BCUT2D eigenvalue weighted by Gasteiger charge is 2.20. The minimum atomic E-state index is -0.610. The van der Waals surface area contributed by atoms with Gasteiger partial charge < -0.3 is 5.11 Å². The lowest BCUT2D eigenvalue weighted by molar-refractivity contribution is 0.130. The van der Waals surface area contributed by atoms with Crippen LogP contribution in [-0.4, -0.2) is 20.5 Å². The topological polar surface area (TPSA) is 55.1 Å². The van der Waals surface area contributed by atoms with E-state index in [2.05, 4.69) is 4.98 Å². The van der Waals surface area contributed by atoms with Crippen molar-refractivity contribution in [2.75, 3.05) is 5.88 Å². The maximum absolute atomic E-state index is 11.7. The number of aliphatic hydroxyl groups excluding tert-OH is 1. The molecule has 2 rings (SSSR count). The molecule has 1 aliphatic heterocycles. The molecule has 1 aromatic heterocycles. The van der Waals surface area contributed by atoms with Crippen molar-refractivity contribution in [3.63, 3.8) is 0 Å². The van der Waals surface area contributed by atoms with E-state index in [0.29, 0.717) is 36.8 Å². The van der Waals surface area contributed by atoms with Gasteiger partial charge in [0.1, 0.15) is 11.9 Å². The van der Waals surface area contributed by atoms with Crippen LogP contribution in [0.3, 0.4) is 0 Å². The van der Waals surface area contributed by atoms with E-state index in [4.69, 9.17) is 11.6 Å². The fourth-order valence-electron chi connectivity index (χ4n) is 1.85. The van der Waals surface area contributed by atoms with Crippen LogP contribution >= 0.6 is 11.6 Å². The summed E-state index contributed by atoms with van der Waals surface area (Å²) < 4.78 is 1.55. The summed E-state index contributed by atoms with van der Waals surface area (Å²) >= 11 is 5.60. The SMILES string of the molecule is O=c1cc(CCCl)nc2n1CCCC2O. The average molecular weight is 229 g/mol. The minimum absolute atomic E-state index is 0.0844. The Kier molecular flexibility index (Phi) is 3.07. The van der Waals surface area contributed by atoms with Gasteiger partial charge in [-0.2, -0.15) is 0 Å². The third-order valence-electron chi connectivity index (χ3n) is 2.60. The number of alkyl halides is 1. The summed E-state index contributed by atoms with van der Waals surface area (Å²) in [4.78, 5) is 15.9. The lowest BCUT2D eigenvalue weighted by Gasteiger charge is -2.22. The van der Waals surface area contributed by atoms with Crippen LogP contribution < -0.4 is 5.56 Å². The van der Waals surface area contributed by atoms with Gasteiger partial charge in [0.05, 0.1) is 0 Å². The second-order valence-electron chi connectivity index (χ2n) is 3.69. The van der Waals surface area contributed by atoms with Gasteiger partial charge in [-0.3, -0.25) is 9.36 Å². The highest BCUT2D eigenvalue weighted by Crippen LogP contribution is 2.21. The summed E-state index contributed by atoms with van der Waals surface area (Å²) in [5, 5.41) is 9.72. The number of hydrogen-bond donors (Lipinski definition) is 1. The molecule has 0 saturated carbocycles. The van der Waals surface area contributed by atoms with Gasteiger partial charge in [-0.1, -0.05) is 0 Å². The van der Waals surface area contributed by atoms with Crippen LogP contribution in [0.1, 0.15) is 30.5 Å². The lowest BCUT2D eigenvalue weighted by Crippen LogP contribution is -2.30. The van der Waals surface area contributed by atoms with Crippen molar-refractivity contribution in [3.8, 4) is 0 Å².